The summed E-state index contributed by atoms with van der Waals surface area (Å²) in [5, 5.41) is 9.89. The van der Waals surface area contributed by atoms with Crippen LogP contribution in [0.25, 0.3) is 0 Å². The van der Waals surface area contributed by atoms with Crippen molar-refractivity contribution in [2.45, 2.75) is 39.3 Å². The summed E-state index contributed by atoms with van der Waals surface area (Å²) in [4.78, 5) is 0. The lowest BCUT2D eigenvalue weighted by atomic mass is 9.98. The Morgan fingerprint density at radius 2 is 1.53 bits per heavy atom. The molecule has 2 atom stereocenters. The highest BCUT2D eigenvalue weighted by atomic mass is 16.3. The van der Waals surface area contributed by atoms with E-state index in [0.29, 0.717) is 5.92 Å². The van der Waals surface area contributed by atoms with Gasteiger partial charge >= 0.3 is 0 Å². The highest BCUT2D eigenvalue weighted by molar-refractivity contribution is 5.25. The summed E-state index contributed by atoms with van der Waals surface area (Å²) in [6, 6.07) is 7.96. The molecule has 0 saturated carbocycles. The lowest BCUT2D eigenvalue weighted by Crippen LogP contribution is -2.06. The third-order valence-electron chi connectivity index (χ3n) is 2.54. The van der Waals surface area contributed by atoms with Crippen LogP contribution in [0.2, 0.25) is 0 Å². The van der Waals surface area contributed by atoms with Gasteiger partial charge in [-0.3, -0.25) is 0 Å². The number of hydrogen-bond acceptors (Lipinski definition) is 2. The van der Waals surface area contributed by atoms with Gasteiger partial charge in [-0.25, -0.2) is 0 Å². The largest absolute Gasteiger partial charge is 0.388 e. The van der Waals surface area contributed by atoms with Crippen molar-refractivity contribution in [3.8, 4) is 0 Å². The van der Waals surface area contributed by atoms with Gasteiger partial charge in [-0.2, -0.15) is 0 Å². The monoisotopic (exact) mass is 207 g/mol. The van der Waals surface area contributed by atoms with E-state index in [2.05, 4.69) is 13.8 Å². The molecule has 0 fully saturated rings. The Morgan fingerprint density at radius 1 is 1.07 bits per heavy atom. The minimum Gasteiger partial charge on any atom is -0.388 e. The summed E-state index contributed by atoms with van der Waals surface area (Å²) in [5.41, 5.74) is 7.84. The first-order valence-corrected chi connectivity index (χ1v) is 5.54. The quantitative estimate of drug-likeness (QED) is 0.797. The molecule has 84 valence electrons. The second-order valence-electron chi connectivity index (χ2n) is 4.60. The van der Waals surface area contributed by atoms with Gasteiger partial charge in [-0.05, 0) is 30.4 Å². The van der Waals surface area contributed by atoms with E-state index in [-0.39, 0.29) is 12.1 Å². The zero-order valence-electron chi connectivity index (χ0n) is 9.77. The zero-order chi connectivity index (χ0) is 11.4. The van der Waals surface area contributed by atoms with E-state index in [1.807, 2.05) is 31.2 Å². The first kappa shape index (κ1) is 12.2. The smallest absolute Gasteiger partial charge is 0.0792 e. The number of aliphatic hydroxyl groups is 1. The Kier molecular flexibility index (Phi) is 4.30. The maximum Gasteiger partial charge on any atom is 0.0792 e. The van der Waals surface area contributed by atoms with Crippen molar-refractivity contribution in [1.82, 2.24) is 0 Å². The summed E-state index contributed by atoms with van der Waals surface area (Å²) in [7, 11) is 0. The van der Waals surface area contributed by atoms with E-state index in [1.165, 1.54) is 0 Å². The topological polar surface area (TPSA) is 46.2 Å². The Labute approximate surface area is 92.1 Å². The predicted octanol–water partition coefficient (Wildman–Crippen LogP) is 2.79. The first-order chi connectivity index (χ1) is 7.00. The first-order valence-electron chi connectivity index (χ1n) is 5.54. The fourth-order valence-electron chi connectivity index (χ4n) is 1.60. The van der Waals surface area contributed by atoms with Crippen LogP contribution in [0.1, 0.15) is 50.5 Å². The van der Waals surface area contributed by atoms with Crippen LogP contribution in [0, 0.1) is 5.92 Å². The second kappa shape index (κ2) is 5.29. The number of hydrogen-bond donors (Lipinski definition) is 2. The average Bonchev–Trinajstić information content (AvgIpc) is 2.17. The van der Waals surface area contributed by atoms with Crippen LogP contribution in [0.3, 0.4) is 0 Å². The van der Waals surface area contributed by atoms with Crippen molar-refractivity contribution in [1.29, 1.82) is 0 Å². The lowest BCUT2D eigenvalue weighted by Gasteiger charge is -2.14. The molecule has 15 heavy (non-hydrogen) atoms. The minimum absolute atomic E-state index is 0.0568. The fraction of sp³-hybridized carbons (Fsp3) is 0.538. The fourth-order valence-corrected chi connectivity index (χ4v) is 1.60. The molecule has 0 heterocycles. The van der Waals surface area contributed by atoms with Crippen LogP contribution in [-0.4, -0.2) is 5.11 Å². The molecule has 0 radical (unpaired) electrons. The molecule has 0 saturated heterocycles. The minimum atomic E-state index is -0.355. The van der Waals surface area contributed by atoms with E-state index in [0.717, 1.165) is 17.5 Å². The lowest BCUT2D eigenvalue weighted by molar-refractivity contribution is 0.151. The normalized spacial score (nSPS) is 15.3. The number of rotatable bonds is 4. The second-order valence-corrected chi connectivity index (χ2v) is 4.60. The summed E-state index contributed by atoms with van der Waals surface area (Å²) in [6.45, 7) is 6.18. The molecule has 1 aromatic rings. The molecule has 0 aliphatic rings. The predicted molar refractivity (Wildman–Crippen MR) is 63.5 cm³/mol. The molecule has 3 N–H and O–H groups in total. The molecule has 0 bridgehead atoms. The molecule has 2 heteroatoms. The van der Waals surface area contributed by atoms with E-state index in [1.54, 1.807) is 0 Å². The Hall–Kier alpha value is -0.860. The molecule has 2 nitrogen and oxygen atoms in total. The Morgan fingerprint density at radius 3 is 1.93 bits per heavy atom. The molecule has 0 aromatic heterocycles. The third-order valence-corrected chi connectivity index (χ3v) is 2.54. The van der Waals surface area contributed by atoms with Gasteiger partial charge in [-0.15, -0.1) is 0 Å². The van der Waals surface area contributed by atoms with Crippen LogP contribution < -0.4 is 5.73 Å². The summed E-state index contributed by atoms with van der Waals surface area (Å²) in [5.74, 6) is 0.508. The van der Waals surface area contributed by atoms with Crippen LogP contribution in [0.4, 0.5) is 0 Å². The zero-order valence-corrected chi connectivity index (χ0v) is 9.77. The van der Waals surface area contributed by atoms with Crippen molar-refractivity contribution >= 4 is 0 Å². The molecule has 0 aliphatic carbocycles. The van der Waals surface area contributed by atoms with Gasteiger partial charge in [0.05, 0.1) is 6.10 Å². The molecule has 1 rings (SSSR count). The molecular formula is C13H21NO. The van der Waals surface area contributed by atoms with E-state index < -0.39 is 0 Å². The summed E-state index contributed by atoms with van der Waals surface area (Å²) < 4.78 is 0. The standard InChI is InChI=1S/C13H21NO/c1-9(2)8-13(15)12-6-4-11(5-7-12)10(3)14/h4-7,9-10,13,15H,8,14H2,1-3H3. The van der Waals surface area contributed by atoms with Crippen LogP contribution >= 0.6 is 0 Å². The van der Waals surface area contributed by atoms with E-state index in [9.17, 15) is 5.11 Å². The number of nitrogens with two attached hydrogens (primary N) is 1. The van der Waals surface area contributed by atoms with Crippen molar-refractivity contribution in [3.63, 3.8) is 0 Å². The van der Waals surface area contributed by atoms with Crippen molar-refractivity contribution < 1.29 is 5.11 Å². The van der Waals surface area contributed by atoms with Crippen LogP contribution in [-0.2, 0) is 0 Å². The van der Waals surface area contributed by atoms with Crippen LogP contribution in [0.15, 0.2) is 24.3 Å². The highest BCUT2D eigenvalue weighted by Gasteiger charge is 2.09. The molecule has 0 spiro atoms. The SMILES string of the molecule is CC(C)CC(O)c1ccc(C(C)N)cc1. The highest BCUT2D eigenvalue weighted by Crippen LogP contribution is 2.22. The Bertz CT molecular complexity index is 290. The van der Waals surface area contributed by atoms with Gasteiger partial charge in [0.1, 0.15) is 0 Å². The molecule has 2 unspecified atom stereocenters. The van der Waals surface area contributed by atoms with Gasteiger partial charge in [0.2, 0.25) is 0 Å². The maximum atomic E-state index is 9.89. The van der Waals surface area contributed by atoms with Crippen molar-refractivity contribution in [2.75, 3.05) is 0 Å². The molecule has 0 amide bonds. The number of benzene rings is 1. The Balaban J connectivity index is 2.71. The van der Waals surface area contributed by atoms with E-state index >= 15 is 0 Å². The van der Waals surface area contributed by atoms with Crippen molar-refractivity contribution in [3.05, 3.63) is 35.4 Å². The van der Waals surface area contributed by atoms with Gasteiger partial charge in [0.25, 0.3) is 0 Å². The number of aliphatic hydroxyl groups excluding tert-OH is 1. The van der Waals surface area contributed by atoms with Gasteiger partial charge < -0.3 is 10.8 Å². The van der Waals surface area contributed by atoms with Crippen molar-refractivity contribution in [2.24, 2.45) is 11.7 Å². The maximum absolute atomic E-state index is 9.89. The van der Waals surface area contributed by atoms with Gasteiger partial charge in [0.15, 0.2) is 0 Å². The summed E-state index contributed by atoms with van der Waals surface area (Å²) in [6.07, 6.45) is 0.449. The third kappa shape index (κ3) is 3.65. The molecule has 1 aromatic carbocycles. The van der Waals surface area contributed by atoms with Gasteiger partial charge in [-0.1, -0.05) is 38.1 Å². The molecule has 0 aliphatic heterocycles. The molecular weight excluding hydrogens is 186 g/mol. The average molecular weight is 207 g/mol. The van der Waals surface area contributed by atoms with E-state index in [4.69, 9.17) is 5.73 Å². The van der Waals surface area contributed by atoms with Gasteiger partial charge in [0, 0.05) is 6.04 Å². The van der Waals surface area contributed by atoms with Crippen LogP contribution in [0.5, 0.6) is 0 Å². The summed E-state index contributed by atoms with van der Waals surface area (Å²) >= 11 is 0.